The number of guanidine groups is 1. The summed E-state index contributed by atoms with van der Waals surface area (Å²) in [5.74, 6) is 1.85. The summed E-state index contributed by atoms with van der Waals surface area (Å²) in [6.07, 6.45) is 1.50. The van der Waals surface area contributed by atoms with Gasteiger partial charge in [-0.25, -0.2) is 0 Å². The summed E-state index contributed by atoms with van der Waals surface area (Å²) in [6, 6.07) is 8.28. The normalized spacial score (nSPS) is 16.7. The van der Waals surface area contributed by atoms with Crippen molar-refractivity contribution in [3.8, 4) is 5.75 Å². The van der Waals surface area contributed by atoms with Crippen LogP contribution in [-0.4, -0.2) is 75.1 Å². The van der Waals surface area contributed by atoms with Gasteiger partial charge in [0.2, 0.25) is 5.91 Å². The molecule has 0 aromatic heterocycles. The van der Waals surface area contributed by atoms with Crippen LogP contribution in [-0.2, 0) is 11.3 Å². The molecular weight excluding hydrogens is 469 g/mol. The highest BCUT2D eigenvalue weighted by molar-refractivity contribution is 14.0. The number of nitrogens with one attached hydrogen (secondary N) is 2. The van der Waals surface area contributed by atoms with Crippen LogP contribution >= 0.6 is 24.0 Å². The highest BCUT2D eigenvalue weighted by atomic mass is 127. The summed E-state index contributed by atoms with van der Waals surface area (Å²) in [6.45, 7) is 5.60. The van der Waals surface area contributed by atoms with Gasteiger partial charge in [-0.15, -0.1) is 24.0 Å². The van der Waals surface area contributed by atoms with Crippen molar-refractivity contribution < 1.29 is 9.53 Å². The minimum absolute atomic E-state index is 0. The molecule has 1 heterocycles. The van der Waals surface area contributed by atoms with Crippen molar-refractivity contribution in [3.63, 3.8) is 0 Å². The van der Waals surface area contributed by atoms with Crippen LogP contribution in [0, 0.1) is 0 Å². The zero-order valence-corrected chi connectivity index (χ0v) is 19.7. The van der Waals surface area contributed by atoms with Gasteiger partial charge in [-0.05, 0) is 26.6 Å². The molecule has 0 saturated carbocycles. The Labute approximate surface area is 185 Å². The van der Waals surface area contributed by atoms with Crippen LogP contribution in [0.25, 0.3) is 0 Å². The maximum Gasteiger partial charge on any atom is 0.222 e. The van der Waals surface area contributed by atoms with Crippen LogP contribution in [0.4, 0.5) is 0 Å². The lowest BCUT2D eigenvalue weighted by Crippen LogP contribution is -2.44. The summed E-state index contributed by atoms with van der Waals surface area (Å²) in [4.78, 5) is 20.2. The Morgan fingerprint density at radius 1 is 1.36 bits per heavy atom. The summed E-state index contributed by atoms with van der Waals surface area (Å²) in [5, 5.41) is 6.78. The van der Waals surface area contributed by atoms with Gasteiger partial charge in [0.05, 0.1) is 0 Å². The minimum atomic E-state index is 0. The number of hydrogen-bond donors (Lipinski definition) is 2. The standard InChI is InChI=1S/C20H33N5O2.HI/c1-5-19(26)25-11-10-17(15-25)23-20(21-2)22-14-16-8-6-7-9-18(16)27-13-12-24(3)4;/h6-9,17H,5,10-15H2,1-4H3,(H2,21,22,23);1H. The van der Waals surface area contributed by atoms with Crippen molar-refractivity contribution in [1.82, 2.24) is 20.4 Å². The summed E-state index contributed by atoms with van der Waals surface area (Å²) in [7, 11) is 5.83. The number of halogens is 1. The van der Waals surface area contributed by atoms with Crippen molar-refractivity contribution in [2.45, 2.75) is 32.4 Å². The molecule has 1 amide bonds. The number of para-hydroxylation sites is 1. The van der Waals surface area contributed by atoms with E-state index in [1.807, 2.05) is 44.1 Å². The molecule has 1 atom stereocenters. The van der Waals surface area contributed by atoms with Crippen LogP contribution < -0.4 is 15.4 Å². The van der Waals surface area contributed by atoms with Gasteiger partial charge in [-0.2, -0.15) is 0 Å². The van der Waals surface area contributed by atoms with E-state index in [1.54, 1.807) is 7.05 Å². The zero-order chi connectivity index (χ0) is 19.6. The SMILES string of the molecule is CCC(=O)N1CCC(NC(=NC)NCc2ccccc2OCCN(C)C)C1.I. The molecule has 1 unspecified atom stereocenters. The second kappa shape index (κ2) is 12.8. The lowest BCUT2D eigenvalue weighted by atomic mass is 10.2. The maximum atomic E-state index is 11.8. The number of likely N-dealkylation sites (N-methyl/N-ethyl adjacent to an activating group) is 1. The molecule has 28 heavy (non-hydrogen) atoms. The molecule has 1 aliphatic heterocycles. The number of nitrogens with zero attached hydrogens (tertiary/aromatic N) is 3. The van der Waals surface area contributed by atoms with Crippen molar-refractivity contribution in [2.75, 3.05) is 47.4 Å². The van der Waals surface area contributed by atoms with E-state index in [0.717, 1.165) is 43.3 Å². The number of likely N-dealkylation sites (tertiary alicyclic amines) is 1. The highest BCUT2D eigenvalue weighted by Gasteiger charge is 2.25. The molecule has 1 aromatic rings. The smallest absolute Gasteiger partial charge is 0.222 e. The number of ether oxygens (including phenoxy) is 1. The molecule has 0 bridgehead atoms. The average molecular weight is 503 g/mol. The second-order valence-electron chi connectivity index (χ2n) is 7.01. The number of rotatable bonds is 8. The van der Waals surface area contributed by atoms with E-state index in [-0.39, 0.29) is 35.9 Å². The van der Waals surface area contributed by atoms with Gasteiger partial charge < -0.3 is 25.2 Å². The lowest BCUT2D eigenvalue weighted by molar-refractivity contribution is -0.129. The second-order valence-corrected chi connectivity index (χ2v) is 7.01. The monoisotopic (exact) mass is 503 g/mol. The Hall–Kier alpha value is -1.55. The Bertz CT molecular complexity index is 639. The molecule has 1 fully saturated rings. The quantitative estimate of drug-likeness (QED) is 0.323. The minimum Gasteiger partial charge on any atom is -0.492 e. The Kier molecular flexibility index (Phi) is 11.2. The molecule has 0 radical (unpaired) electrons. The van der Waals surface area contributed by atoms with E-state index in [9.17, 15) is 4.79 Å². The van der Waals surface area contributed by atoms with Crippen molar-refractivity contribution in [3.05, 3.63) is 29.8 Å². The number of aliphatic imine (C=N–C) groups is 1. The molecule has 7 nitrogen and oxygen atoms in total. The summed E-state index contributed by atoms with van der Waals surface area (Å²) >= 11 is 0. The van der Waals surface area contributed by atoms with Crippen molar-refractivity contribution in [2.24, 2.45) is 4.99 Å². The largest absolute Gasteiger partial charge is 0.492 e. The van der Waals surface area contributed by atoms with Crippen molar-refractivity contribution in [1.29, 1.82) is 0 Å². The molecule has 1 saturated heterocycles. The van der Waals surface area contributed by atoms with E-state index in [4.69, 9.17) is 4.74 Å². The first-order valence-corrected chi connectivity index (χ1v) is 9.63. The third-order valence-corrected chi connectivity index (χ3v) is 4.62. The predicted octanol–water partition coefficient (Wildman–Crippen LogP) is 1.92. The van der Waals surface area contributed by atoms with Crippen LogP contribution in [0.5, 0.6) is 5.75 Å². The van der Waals surface area contributed by atoms with Gasteiger partial charge in [0, 0.05) is 51.3 Å². The predicted molar refractivity (Wildman–Crippen MR) is 125 cm³/mol. The van der Waals surface area contributed by atoms with Gasteiger partial charge in [0.25, 0.3) is 0 Å². The van der Waals surface area contributed by atoms with Gasteiger partial charge in [0.15, 0.2) is 5.96 Å². The zero-order valence-electron chi connectivity index (χ0n) is 17.4. The van der Waals surface area contributed by atoms with Gasteiger partial charge >= 0.3 is 0 Å². The first kappa shape index (κ1) is 24.5. The number of benzene rings is 1. The highest BCUT2D eigenvalue weighted by Crippen LogP contribution is 2.17. The van der Waals surface area contributed by atoms with E-state index in [2.05, 4.69) is 26.6 Å². The Morgan fingerprint density at radius 3 is 2.79 bits per heavy atom. The Morgan fingerprint density at radius 2 is 2.11 bits per heavy atom. The fraction of sp³-hybridized carbons (Fsp3) is 0.600. The molecule has 0 aliphatic carbocycles. The first-order chi connectivity index (χ1) is 13.0. The fourth-order valence-electron chi connectivity index (χ4n) is 3.02. The summed E-state index contributed by atoms with van der Waals surface area (Å²) < 4.78 is 5.91. The molecule has 1 aromatic carbocycles. The third-order valence-electron chi connectivity index (χ3n) is 4.62. The Balaban J connectivity index is 0.00000392. The van der Waals surface area contributed by atoms with Gasteiger partial charge in [-0.1, -0.05) is 25.1 Å². The maximum absolute atomic E-state index is 11.8. The van der Waals surface area contributed by atoms with E-state index in [0.29, 0.717) is 19.6 Å². The van der Waals surface area contributed by atoms with Gasteiger partial charge in [0.1, 0.15) is 12.4 Å². The average Bonchev–Trinajstić information content (AvgIpc) is 3.13. The number of carbonyl (C=O) groups excluding carboxylic acids is 1. The first-order valence-electron chi connectivity index (χ1n) is 9.63. The van der Waals surface area contributed by atoms with E-state index >= 15 is 0 Å². The van der Waals surface area contributed by atoms with Crippen molar-refractivity contribution >= 4 is 35.8 Å². The van der Waals surface area contributed by atoms with E-state index < -0.39 is 0 Å². The van der Waals surface area contributed by atoms with Crippen LogP contribution in [0.15, 0.2) is 29.3 Å². The number of hydrogen-bond acceptors (Lipinski definition) is 4. The van der Waals surface area contributed by atoms with E-state index in [1.165, 1.54) is 0 Å². The summed E-state index contributed by atoms with van der Waals surface area (Å²) in [5.41, 5.74) is 1.09. The molecule has 2 N–H and O–H groups in total. The van der Waals surface area contributed by atoms with Gasteiger partial charge in [-0.3, -0.25) is 9.79 Å². The molecule has 0 spiro atoms. The molecule has 8 heteroatoms. The van der Waals surface area contributed by atoms with Crippen LogP contribution in [0.2, 0.25) is 0 Å². The molecule has 2 rings (SSSR count). The van der Waals surface area contributed by atoms with Crippen LogP contribution in [0.1, 0.15) is 25.3 Å². The molecule has 1 aliphatic rings. The lowest BCUT2D eigenvalue weighted by Gasteiger charge is -2.19. The third kappa shape index (κ3) is 7.83. The van der Waals surface area contributed by atoms with Crippen LogP contribution in [0.3, 0.4) is 0 Å². The molecular formula is C20H34IN5O2. The molecule has 158 valence electrons. The number of carbonyl (C=O) groups is 1. The fourth-order valence-corrected chi connectivity index (χ4v) is 3.02. The topological polar surface area (TPSA) is 69.2 Å². The number of amides is 1.